The molecule has 4 saturated heterocycles. The van der Waals surface area contributed by atoms with Crippen LogP contribution in [0.3, 0.4) is 0 Å². The molecule has 0 amide bonds. The zero-order valence-corrected chi connectivity index (χ0v) is 66.9. The number of rotatable bonds is 12. The molecule has 13 atom stereocenters. The van der Waals surface area contributed by atoms with Gasteiger partial charge < -0.3 is 83.0 Å². The normalized spacial score (nSPS) is 26.2. The average molecular weight is 1610 g/mol. The van der Waals surface area contributed by atoms with Crippen LogP contribution in [0, 0.1) is 50.4 Å². The maximum absolute atomic E-state index is 14.8. The molecule has 29 nitrogen and oxygen atoms in total. The predicted molar refractivity (Wildman–Crippen MR) is 419 cm³/mol. The number of nitrogens with one attached hydrogen (secondary N) is 1. The van der Waals surface area contributed by atoms with E-state index in [1.54, 1.807) is 37.3 Å². The Morgan fingerprint density at radius 2 is 1.12 bits per heavy atom. The number of phenols is 4. The Morgan fingerprint density at radius 3 is 1.59 bits per heavy atom. The van der Waals surface area contributed by atoms with Gasteiger partial charge in [0, 0.05) is 108 Å². The molecule has 12 aliphatic rings. The van der Waals surface area contributed by atoms with Crippen LogP contribution in [0.5, 0.6) is 80.5 Å². The van der Waals surface area contributed by atoms with Gasteiger partial charge in [-0.15, -0.1) is 36.7 Å². The number of ether oxygens (including phenoxy) is 12. The third kappa shape index (κ3) is 12.9. The van der Waals surface area contributed by atoms with Gasteiger partial charge in [0.25, 0.3) is 0 Å². The van der Waals surface area contributed by atoms with Crippen molar-refractivity contribution in [2.24, 2.45) is 5.73 Å². The Balaban J connectivity index is 0.000000161. The summed E-state index contributed by atoms with van der Waals surface area (Å²) >= 11 is 2.68. The highest BCUT2D eigenvalue weighted by atomic mass is 32.2. The van der Waals surface area contributed by atoms with E-state index in [0.717, 1.165) is 39.8 Å². The second kappa shape index (κ2) is 31.5. The van der Waals surface area contributed by atoms with Crippen molar-refractivity contribution in [1.82, 2.24) is 24.9 Å². The van der Waals surface area contributed by atoms with Gasteiger partial charge in [-0.3, -0.25) is 39.3 Å². The number of carbonyl (C=O) groups excluding carboxylic acids is 5. The van der Waals surface area contributed by atoms with Crippen LogP contribution in [0.25, 0.3) is 0 Å². The highest BCUT2D eigenvalue weighted by Crippen LogP contribution is 2.68. The van der Waals surface area contributed by atoms with Gasteiger partial charge in [0.1, 0.15) is 36.8 Å². The summed E-state index contributed by atoms with van der Waals surface area (Å²) in [7, 11) is 6.03. The monoisotopic (exact) mass is 1610 g/mol. The number of aryl methyl sites for hydroxylation is 2. The lowest BCUT2D eigenvalue weighted by Gasteiger charge is -2.62. The van der Waals surface area contributed by atoms with E-state index < -0.39 is 94.0 Å². The van der Waals surface area contributed by atoms with Crippen LogP contribution in [0.2, 0.25) is 0 Å². The van der Waals surface area contributed by atoms with E-state index in [1.807, 2.05) is 45.0 Å². The fraction of sp³-hybridized carbons (Fsp3) is 0.440. The fourth-order valence-corrected chi connectivity index (χ4v) is 22.7. The number of aromatic hydroxyl groups is 4. The molecule has 4 fully saturated rings. The van der Waals surface area contributed by atoms with E-state index in [9.17, 15) is 54.9 Å². The molecule has 8 bridgehead atoms. The van der Waals surface area contributed by atoms with Gasteiger partial charge >= 0.3 is 23.9 Å². The van der Waals surface area contributed by atoms with Crippen LogP contribution >= 0.6 is 23.5 Å². The lowest BCUT2D eigenvalue weighted by Crippen LogP contribution is -2.70. The highest BCUT2D eigenvalue weighted by molar-refractivity contribution is 8.00. The number of benzene rings is 6. The first-order chi connectivity index (χ1) is 55.4. The highest BCUT2D eigenvalue weighted by Gasteiger charge is 2.65. The molecule has 7 N–H and O–H groups in total. The number of Topliss-reactive ketones (excluding diaryl/α,β-unsaturated/α-hetero) is 1. The molecule has 0 radical (unpaired) electrons. The van der Waals surface area contributed by atoms with Crippen LogP contribution in [-0.2, 0) is 64.7 Å². The van der Waals surface area contributed by atoms with Gasteiger partial charge in [0.15, 0.2) is 74.5 Å². The number of cyclic esters (lactones) is 1. The summed E-state index contributed by atoms with van der Waals surface area (Å²) in [5.41, 5.74) is 14.8. The molecule has 1 spiro atoms. The minimum atomic E-state index is -1.38. The number of nitriles is 2. The van der Waals surface area contributed by atoms with E-state index in [1.165, 1.54) is 65.8 Å². The number of ketones is 1. The summed E-state index contributed by atoms with van der Waals surface area (Å²) < 4.78 is 70.3. The van der Waals surface area contributed by atoms with E-state index in [2.05, 4.69) is 50.2 Å². The number of esters is 4. The van der Waals surface area contributed by atoms with Crippen molar-refractivity contribution in [2.45, 2.75) is 144 Å². The van der Waals surface area contributed by atoms with Crippen LogP contribution in [0.4, 0.5) is 0 Å². The summed E-state index contributed by atoms with van der Waals surface area (Å²) in [6.45, 7) is 19.4. The lowest BCUT2D eigenvalue weighted by atomic mass is 9.71. The van der Waals surface area contributed by atoms with Crippen molar-refractivity contribution < 1.29 is 101 Å². The molecular formula is C84H90N8O21S2. The number of hydrogen-bond donors (Lipinski definition) is 6. The number of hydrogen-bond acceptors (Lipinski definition) is 31. The third-order valence-corrected chi connectivity index (χ3v) is 26.8. The first kappa shape index (κ1) is 79.6. The summed E-state index contributed by atoms with van der Waals surface area (Å²) in [4.78, 5) is 74.9. The maximum atomic E-state index is 14.8. The molecule has 604 valence electrons. The fourth-order valence-electron chi connectivity index (χ4n) is 19.6. The van der Waals surface area contributed by atoms with Gasteiger partial charge in [-0.25, -0.2) is 9.59 Å². The van der Waals surface area contributed by atoms with E-state index >= 15 is 0 Å². The first-order valence-corrected chi connectivity index (χ1v) is 40.0. The Hall–Kier alpha value is -10.6. The molecule has 115 heavy (non-hydrogen) atoms. The zero-order chi connectivity index (χ0) is 81.7. The molecule has 0 aliphatic carbocycles. The van der Waals surface area contributed by atoms with E-state index in [4.69, 9.17) is 62.6 Å². The molecule has 12 heterocycles. The van der Waals surface area contributed by atoms with Crippen molar-refractivity contribution in [1.29, 1.82) is 10.5 Å². The Labute approximate surface area is 672 Å². The molecule has 6 aromatic rings. The molecule has 0 saturated carbocycles. The average Bonchev–Trinajstić information content (AvgIpc) is 1.44. The number of nitrogens with zero attached hydrogens (tertiary/aromatic N) is 6. The number of piperazine rings is 2. The third-order valence-electron chi connectivity index (χ3n) is 24.0. The molecule has 0 aromatic heterocycles. The van der Waals surface area contributed by atoms with E-state index in [0.29, 0.717) is 142 Å². The number of carbonyl (C=O) groups is 5. The smallest absolute Gasteiger partial charge is 0.375 e. The molecule has 6 aromatic carbocycles. The topological polar surface area (TPSA) is 376 Å². The van der Waals surface area contributed by atoms with Crippen molar-refractivity contribution in [3.05, 3.63) is 151 Å². The SMILES string of the molecule is C=CCN1[C@@H]2c3c(cc(C)c(OC)c3O)C[C@H]1[C@H](C#N)N1C2[C@@H]2SCC(=O)C(=O)OC[C@H]1c1c3c(c(C)c(OC(C)=O)c12)OCO3.C=CCN1[C@@H]2c3c(cc(C)c(OC)c3O)C[C@H]1[C@H](C#N)N1C2[C@@H]2SC[C@]3(NCCc4cc(O)c(OC)cc43)C(=O)OC[C@H]1c1c3c(c(C)c(OC(C)=O)c12)OCO3.COc1ccc(CCN)cc1O. The van der Waals surface area contributed by atoms with Gasteiger partial charge in [-0.05, 0) is 123 Å². The molecule has 12 aliphatic heterocycles. The number of thioether (sulfide) groups is 2. The number of methoxy groups -OCH3 is 4. The van der Waals surface area contributed by atoms with Crippen LogP contribution in [0.1, 0.15) is 132 Å². The van der Waals surface area contributed by atoms with Crippen molar-refractivity contribution in [2.75, 3.05) is 92.9 Å². The van der Waals surface area contributed by atoms with Gasteiger partial charge in [-0.2, -0.15) is 10.5 Å². The van der Waals surface area contributed by atoms with Crippen LogP contribution in [-0.4, -0.2) is 199 Å². The minimum absolute atomic E-state index is 0.00754. The standard InChI is InChI=1S/C42H44N4O10S.C33H33N3O9S.C9H13NO2/c1-7-10-45-25-12-23-11-19(2)36(52-6)35(49)30(23)33(45)34-40-32-31(39-38(54-18-55-39)20(3)37(32)56-21(4)47)27(46(34)26(25)15-43)16-53-41(50)42(17-57-40)24-14-29(51-5)28(48)13-22(24)8-9-44-42;1-6-7-35-18-9-17-8-14(2)28(41-5)27(39)22(17)25(35)26-32-24-23(31-30(43-13-44-31)15(3)29(24)45-16(4)37)20(36(26)19(18)10-34)11-42-33(40)21(38)12-46-32;1-12-9-3-2-7(4-5-10)6-8(9)11/h7,11,13-14,25-27,33-34,40,44,48-49H,1,8-10,12,16-18H2,2-6H3;6,8,18-20,25-26,32,39H,1,7,9,11-13H2,2-5H3;2-3,6,11H,4-5,10H2,1H3/t25-,26-,27-,33+,34?,40+,42+;18-,19-,20-,25+,26?,32+;/m00./s1. The van der Waals surface area contributed by atoms with E-state index in [-0.39, 0.29) is 84.9 Å². The van der Waals surface area contributed by atoms with Crippen molar-refractivity contribution >= 4 is 53.2 Å². The van der Waals surface area contributed by atoms with Gasteiger partial charge in [-0.1, -0.05) is 30.4 Å². The second-order valence-electron chi connectivity index (χ2n) is 30.0. The van der Waals surface area contributed by atoms with Crippen LogP contribution in [0.15, 0.2) is 67.8 Å². The Kier molecular flexibility index (Phi) is 21.8. The van der Waals surface area contributed by atoms with Crippen LogP contribution < -0.4 is 58.4 Å². The summed E-state index contributed by atoms with van der Waals surface area (Å²) in [6.07, 6.45) is 5.83. The minimum Gasteiger partial charge on any atom is -0.504 e. The van der Waals surface area contributed by atoms with Crippen molar-refractivity contribution in [3.8, 4) is 92.6 Å². The number of nitrogens with two attached hydrogens (primary N) is 1. The lowest BCUT2D eigenvalue weighted by molar-refractivity contribution is -0.157. The first-order valence-electron chi connectivity index (χ1n) is 37.9. The summed E-state index contributed by atoms with van der Waals surface area (Å²) in [6, 6.07) is 12.0. The molecule has 18 rings (SSSR count). The van der Waals surface area contributed by atoms with Gasteiger partial charge in [0.05, 0.1) is 81.0 Å². The number of phenolic OH excluding ortho intramolecular Hbond substituents is 4. The van der Waals surface area contributed by atoms with Crippen molar-refractivity contribution in [3.63, 3.8) is 0 Å². The second-order valence-corrected chi connectivity index (χ2v) is 32.3. The number of fused-ring (bicyclic) bond motifs is 18. The predicted octanol–water partition coefficient (Wildman–Crippen LogP) is 8.80. The summed E-state index contributed by atoms with van der Waals surface area (Å²) in [5.74, 6) is 0.579. The molecule has 31 heteroatoms. The maximum Gasteiger partial charge on any atom is 0.375 e. The van der Waals surface area contributed by atoms with Gasteiger partial charge in [0.2, 0.25) is 19.4 Å². The Bertz CT molecular complexity index is 5140. The Morgan fingerprint density at radius 1 is 0.626 bits per heavy atom. The molecular weight excluding hydrogens is 1520 g/mol. The molecule has 2 unspecified atom stereocenters. The zero-order valence-electron chi connectivity index (χ0n) is 65.2. The summed E-state index contributed by atoms with van der Waals surface area (Å²) in [5, 5.41) is 68.6. The quantitative estimate of drug-likeness (QED) is 0.0288. The largest absolute Gasteiger partial charge is 0.504 e.